The molecule has 0 fully saturated rings. The summed E-state index contributed by atoms with van der Waals surface area (Å²) >= 11 is 12.2. The van der Waals surface area contributed by atoms with E-state index in [1.54, 1.807) is 30.6 Å². The summed E-state index contributed by atoms with van der Waals surface area (Å²) in [6, 6.07) is 10.7. The van der Waals surface area contributed by atoms with Crippen molar-refractivity contribution in [3.05, 3.63) is 81.4 Å². The van der Waals surface area contributed by atoms with Crippen molar-refractivity contribution in [3.63, 3.8) is 0 Å². The highest BCUT2D eigenvalue weighted by molar-refractivity contribution is 6.35. The van der Waals surface area contributed by atoms with Gasteiger partial charge >= 0.3 is 11.8 Å². The van der Waals surface area contributed by atoms with Crippen molar-refractivity contribution in [2.45, 2.75) is 20.4 Å². The predicted octanol–water partition coefficient (Wildman–Crippen LogP) is 3.56. The molecular formula is C21H19Cl2N5O2. The Kier molecular flexibility index (Phi) is 6.87. The molecule has 0 aliphatic rings. The number of aryl methyl sites for hydroxylation is 1. The highest BCUT2D eigenvalue weighted by Crippen LogP contribution is 2.25. The molecule has 0 spiro atoms. The number of halogens is 2. The lowest BCUT2D eigenvalue weighted by Gasteiger charge is -2.10. The summed E-state index contributed by atoms with van der Waals surface area (Å²) in [6.45, 7) is 4.07. The standard InChI is InChI=1S/C21H19Cl2N5O2/c1-13-7-16(14(2)28(13)19-9-17(22)8-18(23)10-19)12-26-27-21(30)20(29)25-11-15-3-5-24-6-4-15/h3-10,12H,11H2,1-2H3,(H,25,29)(H,27,30)/b26-12-. The van der Waals surface area contributed by atoms with Crippen LogP contribution < -0.4 is 10.7 Å². The van der Waals surface area contributed by atoms with Gasteiger partial charge in [-0.15, -0.1) is 0 Å². The minimum atomic E-state index is -0.851. The summed E-state index contributed by atoms with van der Waals surface area (Å²) in [5.74, 6) is -1.63. The third-order valence-electron chi connectivity index (χ3n) is 4.35. The van der Waals surface area contributed by atoms with Gasteiger partial charge in [0.15, 0.2) is 0 Å². The Bertz CT molecular complexity index is 1090. The number of aromatic nitrogens is 2. The van der Waals surface area contributed by atoms with Crippen molar-refractivity contribution in [2.24, 2.45) is 5.10 Å². The van der Waals surface area contributed by atoms with Crippen LogP contribution in [0.4, 0.5) is 0 Å². The van der Waals surface area contributed by atoms with Crippen LogP contribution in [-0.4, -0.2) is 27.6 Å². The summed E-state index contributed by atoms with van der Waals surface area (Å²) in [5.41, 5.74) is 6.49. The number of benzene rings is 1. The number of rotatable bonds is 5. The molecule has 0 radical (unpaired) electrons. The van der Waals surface area contributed by atoms with Crippen LogP contribution in [0.2, 0.25) is 10.0 Å². The van der Waals surface area contributed by atoms with Gasteiger partial charge in [0.1, 0.15) is 0 Å². The largest absolute Gasteiger partial charge is 0.344 e. The molecule has 154 valence electrons. The lowest BCUT2D eigenvalue weighted by Crippen LogP contribution is -2.37. The summed E-state index contributed by atoms with van der Waals surface area (Å²) in [7, 11) is 0. The van der Waals surface area contributed by atoms with Crippen molar-refractivity contribution < 1.29 is 9.59 Å². The first kappa shape index (κ1) is 21.5. The van der Waals surface area contributed by atoms with Gasteiger partial charge in [-0.25, -0.2) is 5.43 Å². The summed E-state index contributed by atoms with van der Waals surface area (Å²) in [6.07, 6.45) is 4.71. The number of hydrogen-bond donors (Lipinski definition) is 2. The Morgan fingerprint density at radius 2 is 1.73 bits per heavy atom. The number of hydrogen-bond acceptors (Lipinski definition) is 4. The third kappa shape index (κ3) is 5.25. The number of pyridine rings is 1. The second-order valence-corrected chi connectivity index (χ2v) is 7.40. The van der Waals surface area contributed by atoms with Gasteiger partial charge in [-0.2, -0.15) is 5.10 Å². The van der Waals surface area contributed by atoms with Crippen LogP contribution in [0.5, 0.6) is 0 Å². The Morgan fingerprint density at radius 1 is 1.07 bits per heavy atom. The molecule has 1 aromatic carbocycles. The maximum Gasteiger partial charge on any atom is 0.329 e. The number of nitrogens with zero attached hydrogens (tertiary/aromatic N) is 3. The van der Waals surface area contributed by atoms with Crippen LogP contribution in [-0.2, 0) is 16.1 Å². The average Bonchev–Trinajstić information content (AvgIpc) is 2.99. The van der Waals surface area contributed by atoms with Crippen molar-refractivity contribution in [3.8, 4) is 5.69 Å². The van der Waals surface area contributed by atoms with E-state index in [2.05, 4.69) is 20.8 Å². The Balaban J connectivity index is 1.65. The lowest BCUT2D eigenvalue weighted by atomic mass is 10.2. The van der Waals surface area contributed by atoms with E-state index in [0.29, 0.717) is 10.0 Å². The van der Waals surface area contributed by atoms with Crippen molar-refractivity contribution in [1.29, 1.82) is 0 Å². The Morgan fingerprint density at radius 3 is 2.40 bits per heavy atom. The van der Waals surface area contributed by atoms with Crippen molar-refractivity contribution in [2.75, 3.05) is 0 Å². The topological polar surface area (TPSA) is 88.4 Å². The van der Waals surface area contributed by atoms with Gasteiger partial charge in [0.05, 0.1) is 6.21 Å². The molecule has 0 unspecified atom stereocenters. The van der Waals surface area contributed by atoms with Crippen LogP contribution in [0.1, 0.15) is 22.5 Å². The minimum Gasteiger partial charge on any atom is -0.344 e. The first-order chi connectivity index (χ1) is 14.3. The Hall–Kier alpha value is -3.16. The van der Waals surface area contributed by atoms with Gasteiger partial charge in [0.25, 0.3) is 0 Å². The Labute approximate surface area is 183 Å². The molecule has 3 rings (SSSR count). The quantitative estimate of drug-likeness (QED) is 0.358. The summed E-state index contributed by atoms with van der Waals surface area (Å²) in [5, 5.41) is 7.49. The third-order valence-corrected chi connectivity index (χ3v) is 4.79. The molecule has 0 atom stereocenters. The monoisotopic (exact) mass is 443 g/mol. The molecule has 2 aromatic heterocycles. The fraction of sp³-hybridized carbons (Fsp3) is 0.143. The molecule has 0 aliphatic carbocycles. The molecule has 0 aliphatic heterocycles. The maximum absolute atomic E-state index is 11.9. The molecule has 7 nitrogen and oxygen atoms in total. The van der Waals surface area contributed by atoms with E-state index in [0.717, 1.165) is 28.2 Å². The van der Waals surface area contributed by atoms with Crippen LogP contribution in [0, 0.1) is 13.8 Å². The van der Waals surface area contributed by atoms with Gasteiger partial charge in [0, 0.05) is 51.6 Å². The zero-order valence-electron chi connectivity index (χ0n) is 16.3. The van der Waals surface area contributed by atoms with E-state index in [1.165, 1.54) is 6.21 Å². The molecule has 0 saturated heterocycles. The fourth-order valence-corrected chi connectivity index (χ4v) is 3.47. The number of carbonyl (C=O) groups is 2. The first-order valence-electron chi connectivity index (χ1n) is 9.00. The molecule has 2 amide bonds. The molecular weight excluding hydrogens is 425 g/mol. The SMILES string of the molecule is Cc1cc(/C=N\NC(=O)C(=O)NCc2ccncc2)c(C)n1-c1cc(Cl)cc(Cl)c1. The average molecular weight is 444 g/mol. The molecule has 2 N–H and O–H groups in total. The maximum atomic E-state index is 11.9. The highest BCUT2D eigenvalue weighted by atomic mass is 35.5. The van der Waals surface area contributed by atoms with E-state index in [1.807, 2.05) is 36.6 Å². The number of nitrogens with one attached hydrogen (secondary N) is 2. The molecule has 0 bridgehead atoms. The second-order valence-electron chi connectivity index (χ2n) is 6.53. The van der Waals surface area contributed by atoms with Crippen LogP contribution in [0.3, 0.4) is 0 Å². The molecule has 0 saturated carbocycles. The van der Waals surface area contributed by atoms with E-state index in [-0.39, 0.29) is 6.54 Å². The molecule has 2 heterocycles. The van der Waals surface area contributed by atoms with Gasteiger partial charge in [-0.1, -0.05) is 23.2 Å². The van der Waals surface area contributed by atoms with E-state index < -0.39 is 11.8 Å². The van der Waals surface area contributed by atoms with Crippen molar-refractivity contribution >= 4 is 41.2 Å². The minimum absolute atomic E-state index is 0.224. The van der Waals surface area contributed by atoms with E-state index >= 15 is 0 Å². The molecule has 9 heteroatoms. The second kappa shape index (κ2) is 9.56. The molecule has 30 heavy (non-hydrogen) atoms. The number of carbonyl (C=O) groups excluding carboxylic acids is 2. The van der Waals surface area contributed by atoms with Crippen LogP contribution in [0.15, 0.2) is 53.9 Å². The van der Waals surface area contributed by atoms with Gasteiger partial charge in [0.2, 0.25) is 0 Å². The van der Waals surface area contributed by atoms with E-state index in [4.69, 9.17) is 23.2 Å². The van der Waals surface area contributed by atoms with Gasteiger partial charge < -0.3 is 9.88 Å². The highest BCUT2D eigenvalue weighted by Gasteiger charge is 2.13. The van der Waals surface area contributed by atoms with Crippen molar-refractivity contribution in [1.82, 2.24) is 20.3 Å². The smallest absolute Gasteiger partial charge is 0.329 e. The zero-order chi connectivity index (χ0) is 21.7. The first-order valence-corrected chi connectivity index (χ1v) is 9.76. The molecule has 3 aromatic rings. The predicted molar refractivity (Wildman–Crippen MR) is 117 cm³/mol. The normalized spacial score (nSPS) is 10.9. The van der Waals surface area contributed by atoms with Gasteiger partial charge in [-0.05, 0) is 55.8 Å². The number of hydrazone groups is 1. The summed E-state index contributed by atoms with van der Waals surface area (Å²) in [4.78, 5) is 27.7. The lowest BCUT2D eigenvalue weighted by molar-refractivity contribution is -0.139. The summed E-state index contributed by atoms with van der Waals surface area (Å²) < 4.78 is 1.97. The van der Waals surface area contributed by atoms with E-state index in [9.17, 15) is 9.59 Å². The van der Waals surface area contributed by atoms with Gasteiger partial charge in [-0.3, -0.25) is 14.6 Å². The zero-order valence-corrected chi connectivity index (χ0v) is 17.8. The van der Waals surface area contributed by atoms with Crippen LogP contribution in [0.25, 0.3) is 5.69 Å². The number of amides is 2. The van der Waals surface area contributed by atoms with Crippen LogP contribution >= 0.6 is 23.2 Å². The fourth-order valence-electron chi connectivity index (χ4n) is 2.96.